The first kappa shape index (κ1) is 31.9. The van der Waals surface area contributed by atoms with Crippen LogP contribution in [-0.4, -0.2) is 69.3 Å². The lowest BCUT2D eigenvalue weighted by Gasteiger charge is -2.33. The van der Waals surface area contributed by atoms with E-state index in [4.69, 9.17) is 28.2 Å². The van der Waals surface area contributed by atoms with Crippen molar-refractivity contribution in [3.8, 4) is 0 Å². The molecule has 2 aromatic heterocycles. The Morgan fingerprint density at radius 1 is 0.913 bits per heavy atom. The van der Waals surface area contributed by atoms with Crippen molar-refractivity contribution in [2.24, 2.45) is 5.92 Å². The number of fused-ring (bicyclic) bond motifs is 1. The van der Waals surface area contributed by atoms with Crippen LogP contribution in [0.1, 0.15) is 57.4 Å². The van der Waals surface area contributed by atoms with E-state index in [0.717, 1.165) is 61.2 Å². The fraction of sp³-hybridized carbons (Fsp3) is 0.297. The number of benzene rings is 3. The molecule has 46 heavy (non-hydrogen) atoms. The maximum Gasteiger partial charge on any atom is 0.253 e. The summed E-state index contributed by atoms with van der Waals surface area (Å²) in [7, 11) is 1.85. The van der Waals surface area contributed by atoms with Gasteiger partial charge in [0.25, 0.3) is 5.91 Å². The molecule has 0 saturated carbocycles. The third-order valence-electron chi connectivity index (χ3n) is 8.95. The van der Waals surface area contributed by atoms with Gasteiger partial charge < -0.3 is 14.4 Å². The van der Waals surface area contributed by atoms with Gasteiger partial charge in [0.2, 0.25) is 5.78 Å². The molecule has 0 spiro atoms. The zero-order valence-electron chi connectivity index (χ0n) is 25.9. The lowest BCUT2D eigenvalue weighted by molar-refractivity contribution is 0.0779. The van der Waals surface area contributed by atoms with Crippen LogP contribution in [0, 0.1) is 5.92 Å². The number of ketones is 1. The Balaban J connectivity index is 1.12. The lowest BCUT2D eigenvalue weighted by Crippen LogP contribution is -2.38. The Morgan fingerprint density at radius 3 is 2.39 bits per heavy atom. The highest BCUT2D eigenvalue weighted by molar-refractivity contribution is 6.42. The molecule has 1 atom stereocenters. The van der Waals surface area contributed by atoms with Crippen LogP contribution in [0.3, 0.4) is 0 Å². The normalized spacial score (nSPS) is 14.8. The SMILES string of the molecule is CN(CC(CCN1CCC(C(=O)c2nc3ccccc3n2Cc2ccccn2)CC1)c1ccc(Cl)c(Cl)c1)C(=O)c1ccccc1. The Bertz CT molecular complexity index is 1800. The standard InChI is InChI=1S/C37H37Cl2N5O2/c1-42(37(46)27-9-3-2-4-10-27)24-29(28-14-15-31(38)32(39)23-28)18-22-43-20-16-26(17-21-43)35(45)36-41-33-12-5-6-13-34(33)44(36)25-30-11-7-8-19-40-30/h2-15,19,23,26,29H,16-18,20-22,24-25H2,1H3. The second kappa shape index (κ2) is 14.6. The summed E-state index contributed by atoms with van der Waals surface area (Å²) in [4.78, 5) is 40.6. The first-order chi connectivity index (χ1) is 22.4. The summed E-state index contributed by atoms with van der Waals surface area (Å²) >= 11 is 12.7. The molecule has 1 unspecified atom stereocenters. The van der Waals surface area contributed by atoms with Crippen LogP contribution in [0.15, 0.2) is 97.2 Å². The molecule has 0 N–H and O–H groups in total. The molecular weight excluding hydrogens is 617 g/mol. The number of pyridine rings is 1. The number of carbonyl (C=O) groups is 2. The molecule has 3 heterocycles. The van der Waals surface area contributed by atoms with E-state index < -0.39 is 0 Å². The maximum absolute atomic E-state index is 13.9. The molecule has 7 nitrogen and oxygen atoms in total. The number of amides is 1. The first-order valence-electron chi connectivity index (χ1n) is 15.7. The number of para-hydroxylation sites is 2. The molecule has 3 aromatic carbocycles. The lowest BCUT2D eigenvalue weighted by atomic mass is 9.90. The number of likely N-dealkylation sites (tertiary alicyclic amines) is 1. The largest absolute Gasteiger partial charge is 0.341 e. The van der Waals surface area contributed by atoms with Crippen molar-refractivity contribution in [2.45, 2.75) is 31.7 Å². The number of Topliss-reactive ketones (excluding diaryl/α,β-unsaturated/α-hetero) is 1. The number of rotatable bonds is 11. The van der Waals surface area contributed by atoms with Gasteiger partial charge in [-0.2, -0.15) is 0 Å². The summed E-state index contributed by atoms with van der Waals surface area (Å²) in [6.07, 6.45) is 4.16. The van der Waals surface area contributed by atoms with Gasteiger partial charge in [-0.1, -0.05) is 65.7 Å². The summed E-state index contributed by atoms with van der Waals surface area (Å²) < 4.78 is 2.02. The molecular formula is C37H37Cl2N5O2. The number of hydrogen-bond donors (Lipinski definition) is 0. The van der Waals surface area contributed by atoms with Crippen molar-refractivity contribution in [1.29, 1.82) is 0 Å². The van der Waals surface area contributed by atoms with Gasteiger partial charge in [0.1, 0.15) is 0 Å². The van der Waals surface area contributed by atoms with Crippen LogP contribution >= 0.6 is 23.2 Å². The van der Waals surface area contributed by atoms with E-state index in [2.05, 4.69) is 9.88 Å². The summed E-state index contributed by atoms with van der Waals surface area (Å²) in [5, 5.41) is 1.02. The molecule has 236 valence electrons. The average molecular weight is 655 g/mol. The number of hydrogen-bond acceptors (Lipinski definition) is 5. The minimum Gasteiger partial charge on any atom is -0.341 e. The molecule has 6 rings (SSSR count). The number of likely N-dealkylation sites (N-methyl/N-ethyl adjacent to an activating group) is 1. The van der Waals surface area contributed by atoms with E-state index in [1.165, 1.54) is 0 Å². The van der Waals surface area contributed by atoms with Crippen molar-refractivity contribution in [2.75, 3.05) is 33.2 Å². The van der Waals surface area contributed by atoms with Crippen molar-refractivity contribution >= 4 is 45.9 Å². The van der Waals surface area contributed by atoms with Gasteiger partial charge in [0, 0.05) is 37.2 Å². The summed E-state index contributed by atoms with van der Waals surface area (Å²) in [5.41, 5.74) is 4.38. The van der Waals surface area contributed by atoms with Crippen LogP contribution in [0.4, 0.5) is 0 Å². The third-order valence-corrected chi connectivity index (χ3v) is 9.69. The molecule has 1 amide bonds. The maximum atomic E-state index is 13.9. The molecule has 5 aromatic rings. The van der Waals surface area contributed by atoms with Crippen molar-refractivity contribution < 1.29 is 9.59 Å². The van der Waals surface area contributed by atoms with Crippen molar-refractivity contribution in [3.63, 3.8) is 0 Å². The number of aromatic nitrogens is 3. The first-order valence-corrected chi connectivity index (χ1v) is 16.5. The topological polar surface area (TPSA) is 71.3 Å². The van der Waals surface area contributed by atoms with Gasteiger partial charge >= 0.3 is 0 Å². The number of nitrogens with zero attached hydrogens (tertiary/aromatic N) is 5. The number of imidazole rings is 1. The molecule has 9 heteroatoms. The fourth-order valence-electron chi connectivity index (χ4n) is 6.36. The Kier molecular flexibility index (Phi) is 10.1. The summed E-state index contributed by atoms with van der Waals surface area (Å²) in [6.45, 7) is 3.54. The van der Waals surface area contributed by atoms with Crippen LogP contribution in [0.2, 0.25) is 10.0 Å². The molecule has 1 saturated heterocycles. The zero-order valence-corrected chi connectivity index (χ0v) is 27.4. The van der Waals surface area contributed by atoms with Gasteiger partial charge in [-0.05, 0) is 93.0 Å². The van der Waals surface area contributed by atoms with E-state index in [-0.39, 0.29) is 23.5 Å². The highest BCUT2D eigenvalue weighted by atomic mass is 35.5. The molecule has 0 aliphatic carbocycles. The zero-order chi connectivity index (χ0) is 32.0. The van der Waals surface area contributed by atoms with E-state index >= 15 is 0 Å². The molecule has 1 aliphatic rings. The minimum absolute atomic E-state index is 0.0148. The Labute approximate surface area is 279 Å². The highest BCUT2D eigenvalue weighted by Crippen LogP contribution is 2.30. The number of piperidine rings is 1. The second-order valence-corrected chi connectivity index (χ2v) is 12.8. The number of halogens is 2. The smallest absolute Gasteiger partial charge is 0.253 e. The molecule has 1 aliphatic heterocycles. The highest BCUT2D eigenvalue weighted by Gasteiger charge is 2.30. The van der Waals surface area contributed by atoms with Crippen molar-refractivity contribution in [1.82, 2.24) is 24.3 Å². The van der Waals surface area contributed by atoms with E-state index in [9.17, 15) is 9.59 Å². The van der Waals surface area contributed by atoms with Crippen LogP contribution in [-0.2, 0) is 6.54 Å². The molecule has 1 fully saturated rings. The summed E-state index contributed by atoms with van der Waals surface area (Å²) in [6, 6.07) is 28.8. The van der Waals surface area contributed by atoms with Gasteiger partial charge in [-0.15, -0.1) is 0 Å². The monoisotopic (exact) mass is 653 g/mol. The average Bonchev–Trinajstić information content (AvgIpc) is 3.46. The van der Waals surface area contributed by atoms with Crippen LogP contribution in [0.25, 0.3) is 11.0 Å². The van der Waals surface area contributed by atoms with Gasteiger partial charge in [0.15, 0.2) is 5.82 Å². The number of carbonyl (C=O) groups excluding carboxylic acids is 2. The van der Waals surface area contributed by atoms with Gasteiger partial charge in [-0.3, -0.25) is 14.6 Å². The van der Waals surface area contributed by atoms with Crippen LogP contribution in [0.5, 0.6) is 0 Å². The fourth-order valence-corrected chi connectivity index (χ4v) is 6.67. The quantitative estimate of drug-likeness (QED) is 0.137. The van der Waals surface area contributed by atoms with Crippen LogP contribution < -0.4 is 0 Å². The minimum atomic E-state index is -0.0870. The van der Waals surface area contributed by atoms with E-state index in [0.29, 0.717) is 34.5 Å². The third kappa shape index (κ3) is 7.33. The second-order valence-electron chi connectivity index (χ2n) is 12.0. The Morgan fingerprint density at radius 2 is 1.65 bits per heavy atom. The Hall–Kier alpha value is -4.04. The van der Waals surface area contributed by atoms with Gasteiger partial charge in [0.05, 0.1) is 33.3 Å². The predicted octanol–water partition coefficient (Wildman–Crippen LogP) is 7.63. The summed E-state index contributed by atoms with van der Waals surface area (Å²) in [5.74, 6) is 0.575. The molecule has 0 radical (unpaired) electrons. The van der Waals surface area contributed by atoms with Crippen molar-refractivity contribution in [3.05, 3.63) is 130 Å². The van der Waals surface area contributed by atoms with Gasteiger partial charge in [-0.25, -0.2) is 4.98 Å². The predicted molar refractivity (Wildman–Crippen MR) is 184 cm³/mol. The van der Waals surface area contributed by atoms with E-state index in [1.807, 2.05) is 103 Å². The molecule has 0 bridgehead atoms. The van der Waals surface area contributed by atoms with E-state index in [1.54, 1.807) is 11.1 Å².